The van der Waals surface area contributed by atoms with Gasteiger partial charge in [-0.25, -0.2) is 0 Å². The quantitative estimate of drug-likeness (QED) is 0.399. The molecule has 2 nitrogen and oxygen atoms in total. The normalized spacial score (nSPS) is 30.1. The fourth-order valence-electron chi connectivity index (χ4n) is 2.39. The van der Waals surface area contributed by atoms with Crippen molar-refractivity contribution < 1.29 is 5.21 Å². The van der Waals surface area contributed by atoms with Gasteiger partial charge in [0.05, 0.1) is 5.71 Å². The standard InChI is InChI=1S/C13H21NO/c1-5-6-10-9-11(13(2,3)4)7-8-12(10)14-15/h1,10-11,15H,6-9H2,2-4H3/b14-12-. The van der Waals surface area contributed by atoms with Gasteiger partial charge in [-0.05, 0) is 30.6 Å². The van der Waals surface area contributed by atoms with Crippen molar-refractivity contribution in [1.29, 1.82) is 0 Å². The van der Waals surface area contributed by atoms with Gasteiger partial charge in [-0.1, -0.05) is 25.9 Å². The molecule has 0 aromatic heterocycles. The van der Waals surface area contributed by atoms with Crippen molar-refractivity contribution in [1.82, 2.24) is 0 Å². The molecule has 1 saturated carbocycles. The monoisotopic (exact) mass is 207 g/mol. The molecule has 2 unspecified atom stereocenters. The maximum absolute atomic E-state index is 8.90. The number of terminal acetylenes is 1. The molecule has 0 aromatic rings. The van der Waals surface area contributed by atoms with Crippen molar-refractivity contribution in [3.8, 4) is 12.3 Å². The van der Waals surface area contributed by atoms with Crippen LogP contribution in [0.3, 0.4) is 0 Å². The number of rotatable bonds is 1. The van der Waals surface area contributed by atoms with Crippen LogP contribution in [-0.4, -0.2) is 10.9 Å². The minimum absolute atomic E-state index is 0.290. The highest BCUT2D eigenvalue weighted by Crippen LogP contribution is 2.40. The zero-order chi connectivity index (χ0) is 11.5. The molecule has 1 N–H and O–H groups in total. The SMILES string of the molecule is C#CCC1CC(C(C)(C)C)CC/C1=N/O. The molecule has 0 bridgehead atoms. The molecule has 84 valence electrons. The van der Waals surface area contributed by atoms with Crippen LogP contribution in [0.1, 0.15) is 46.5 Å². The third-order valence-electron chi connectivity index (χ3n) is 3.51. The van der Waals surface area contributed by atoms with Gasteiger partial charge in [0.1, 0.15) is 0 Å². The Morgan fingerprint density at radius 2 is 2.20 bits per heavy atom. The fraction of sp³-hybridized carbons (Fsp3) is 0.769. The molecule has 0 heterocycles. The van der Waals surface area contributed by atoms with E-state index in [0.29, 0.717) is 17.8 Å². The van der Waals surface area contributed by atoms with E-state index in [0.717, 1.165) is 25.0 Å². The molecule has 1 aliphatic carbocycles. The average molecular weight is 207 g/mol. The molecule has 0 aromatic carbocycles. The second kappa shape index (κ2) is 4.70. The van der Waals surface area contributed by atoms with Gasteiger partial charge in [-0.2, -0.15) is 0 Å². The fourth-order valence-corrected chi connectivity index (χ4v) is 2.39. The summed E-state index contributed by atoms with van der Waals surface area (Å²) in [7, 11) is 0. The summed E-state index contributed by atoms with van der Waals surface area (Å²) in [6, 6.07) is 0. The molecule has 0 spiro atoms. The van der Waals surface area contributed by atoms with E-state index >= 15 is 0 Å². The first-order valence-corrected chi connectivity index (χ1v) is 5.63. The Morgan fingerprint density at radius 1 is 1.53 bits per heavy atom. The van der Waals surface area contributed by atoms with Gasteiger partial charge in [0.25, 0.3) is 0 Å². The third kappa shape index (κ3) is 2.99. The van der Waals surface area contributed by atoms with E-state index in [2.05, 4.69) is 31.8 Å². The van der Waals surface area contributed by atoms with E-state index in [4.69, 9.17) is 11.6 Å². The Kier molecular flexibility index (Phi) is 3.79. The molecule has 0 radical (unpaired) electrons. The molecular weight excluding hydrogens is 186 g/mol. The molecule has 1 aliphatic rings. The molecule has 1 rings (SSSR count). The lowest BCUT2D eigenvalue weighted by molar-refractivity contribution is 0.183. The van der Waals surface area contributed by atoms with E-state index in [1.54, 1.807) is 0 Å². The second-order valence-corrected chi connectivity index (χ2v) is 5.53. The van der Waals surface area contributed by atoms with Crippen molar-refractivity contribution in [3.63, 3.8) is 0 Å². The number of nitrogens with zero attached hydrogens (tertiary/aromatic N) is 1. The number of oxime groups is 1. The molecule has 0 amide bonds. The summed E-state index contributed by atoms with van der Waals surface area (Å²) in [5, 5.41) is 12.3. The Balaban J connectivity index is 2.71. The zero-order valence-electron chi connectivity index (χ0n) is 9.95. The summed E-state index contributed by atoms with van der Waals surface area (Å²) >= 11 is 0. The van der Waals surface area contributed by atoms with Crippen LogP contribution in [0.4, 0.5) is 0 Å². The average Bonchev–Trinajstić information content (AvgIpc) is 2.17. The molecule has 0 aliphatic heterocycles. The maximum atomic E-state index is 8.90. The van der Waals surface area contributed by atoms with Crippen molar-refractivity contribution in [2.75, 3.05) is 0 Å². The van der Waals surface area contributed by atoms with Crippen LogP contribution in [0, 0.1) is 29.6 Å². The molecule has 2 heteroatoms. The molecule has 2 atom stereocenters. The summed E-state index contributed by atoms with van der Waals surface area (Å²) in [5.41, 5.74) is 1.22. The predicted molar refractivity (Wildman–Crippen MR) is 63.0 cm³/mol. The van der Waals surface area contributed by atoms with Crippen molar-refractivity contribution >= 4 is 5.71 Å². The van der Waals surface area contributed by atoms with E-state index in [9.17, 15) is 0 Å². The highest BCUT2D eigenvalue weighted by molar-refractivity contribution is 5.87. The van der Waals surface area contributed by atoms with E-state index in [1.165, 1.54) is 0 Å². The number of hydrogen-bond acceptors (Lipinski definition) is 2. The molecule has 0 saturated heterocycles. The Labute approximate surface area is 92.8 Å². The summed E-state index contributed by atoms with van der Waals surface area (Å²) in [5.74, 6) is 3.65. The van der Waals surface area contributed by atoms with E-state index in [1.807, 2.05) is 0 Å². The summed E-state index contributed by atoms with van der Waals surface area (Å²) in [6.07, 6.45) is 9.12. The van der Waals surface area contributed by atoms with Crippen LogP contribution >= 0.6 is 0 Å². The lowest BCUT2D eigenvalue weighted by atomic mass is 9.68. The van der Waals surface area contributed by atoms with Crippen LogP contribution < -0.4 is 0 Å². The minimum Gasteiger partial charge on any atom is -0.411 e. The lowest BCUT2D eigenvalue weighted by Crippen LogP contribution is -2.32. The largest absolute Gasteiger partial charge is 0.411 e. The first kappa shape index (κ1) is 12.1. The van der Waals surface area contributed by atoms with Crippen LogP contribution in [0.2, 0.25) is 0 Å². The minimum atomic E-state index is 0.290. The van der Waals surface area contributed by atoms with Crippen LogP contribution in [0.15, 0.2) is 5.16 Å². The summed E-state index contributed by atoms with van der Waals surface area (Å²) in [4.78, 5) is 0. The van der Waals surface area contributed by atoms with Gasteiger partial charge in [-0.15, -0.1) is 12.3 Å². The van der Waals surface area contributed by atoms with Crippen LogP contribution in [0.25, 0.3) is 0 Å². The molecule has 1 fully saturated rings. The van der Waals surface area contributed by atoms with Gasteiger partial charge in [0, 0.05) is 12.3 Å². The maximum Gasteiger partial charge on any atom is 0.0611 e. The highest BCUT2D eigenvalue weighted by atomic mass is 16.4. The predicted octanol–water partition coefficient (Wildman–Crippen LogP) is 3.30. The number of hydrogen-bond donors (Lipinski definition) is 1. The van der Waals surface area contributed by atoms with Gasteiger partial charge in [-0.3, -0.25) is 0 Å². The zero-order valence-corrected chi connectivity index (χ0v) is 9.95. The topological polar surface area (TPSA) is 32.6 Å². The lowest BCUT2D eigenvalue weighted by Gasteiger charge is -2.37. The van der Waals surface area contributed by atoms with Crippen molar-refractivity contribution in [2.45, 2.75) is 46.5 Å². The van der Waals surface area contributed by atoms with Gasteiger partial charge >= 0.3 is 0 Å². The Morgan fingerprint density at radius 3 is 2.67 bits per heavy atom. The van der Waals surface area contributed by atoms with Crippen molar-refractivity contribution in [2.24, 2.45) is 22.4 Å². The summed E-state index contributed by atoms with van der Waals surface area (Å²) < 4.78 is 0. The Hall–Kier alpha value is -0.970. The first-order chi connectivity index (χ1) is 6.99. The van der Waals surface area contributed by atoms with Crippen LogP contribution in [0.5, 0.6) is 0 Å². The molecule has 15 heavy (non-hydrogen) atoms. The van der Waals surface area contributed by atoms with Gasteiger partial charge in [0.15, 0.2) is 0 Å². The summed E-state index contributed by atoms with van der Waals surface area (Å²) in [6.45, 7) is 6.81. The third-order valence-corrected chi connectivity index (χ3v) is 3.51. The van der Waals surface area contributed by atoms with E-state index in [-0.39, 0.29) is 5.92 Å². The first-order valence-electron chi connectivity index (χ1n) is 5.63. The van der Waals surface area contributed by atoms with Gasteiger partial charge < -0.3 is 5.21 Å². The highest BCUT2D eigenvalue weighted by Gasteiger charge is 2.33. The van der Waals surface area contributed by atoms with Crippen molar-refractivity contribution in [3.05, 3.63) is 0 Å². The van der Waals surface area contributed by atoms with Gasteiger partial charge in [0.2, 0.25) is 0 Å². The smallest absolute Gasteiger partial charge is 0.0611 e. The Bertz CT molecular complexity index is 280. The second-order valence-electron chi connectivity index (χ2n) is 5.53. The van der Waals surface area contributed by atoms with E-state index < -0.39 is 0 Å². The van der Waals surface area contributed by atoms with Crippen LogP contribution in [-0.2, 0) is 0 Å². The molecular formula is C13H21NO.